The summed E-state index contributed by atoms with van der Waals surface area (Å²) in [5, 5.41) is 1.90. The first kappa shape index (κ1) is 27.2. The number of nitrogens with zero attached hydrogens (tertiary/aromatic N) is 3. The van der Waals surface area contributed by atoms with E-state index in [1.54, 1.807) is 21.7 Å². The van der Waals surface area contributed by atoms with Gasteiger partial charge < -0.3 is 9.30 Å². The van der Waals surface area contributed by atoms with Crippen molar-refractivity contribution in [1.82, 2.24) is 20.0 Å². The number of nitrogens with one attached hydrogen (secondary N) is 1. The molecule has 8 nitrogen and oxygen atoms in total. The zero-order valence-corrected chi connectivity index (χ0v) is 23.7. The number of aromatic nitrogens is 2. The van der Waals surface area contributed by atoms with Crippen molar-refractivity contribution in [3.63, 3.8) is 0 Å². The Kier molecular flexibility index (Phi) is 7.44. The normalized spacial score (nSPS) is 17.3. The fourth-order valence-electron chi connectivity index (χ4n) is 5.79. The molecule has 0 saturated heterocycles. The number of benzene rings is 2. The Morgan fingerprint density at radius 3 is 2.50 bits per heavy atom. The van der Waals surface area contributed by atoms with E-state index < -0.39 is 23.9 Å². The van der Waals surface area contributed by atoms with Crippen LogP contribution in [0.1, 0.15) is 59.4 Å². The number of aryl methyl sites for hydroxylation is 2. The van der Waals surface area contributed by atoms with Crippen molar-refractivity contribution in [2.24, 2.45) is 0 Å². The number of carbonyl (C=O) groups is 2. The maximum absolute atomic E-state index is 13.7. The highest BCUT2D eigenvalue weighted by atomic mass is 16.5. The number of hydrogen-bond donors (Lipinski definition) is 1. The summed E-state index contributed by atoms with van der Waals surface area (Å²) in [7, 11) is 0. The van der Waals surface area contributed by atoms with Crippen LogP contribution in [-0.4, -0.2) is 33.0 Å². The van der Waals surface area contributed by atoms with E-state index in [2.05, 4.69) is 28.6 Å². The predicted molar refractivity (Wildman–Crippen MR) is 161 cm³/mol. The summed E-state index contributed by atoms with van der Waals surface area (Å²) >= 11 is 0. The third-order valence-corrected chi connectivity index (χ3v) is 7.83. The molecule has 0 spiro atoms. The largest absolute Gasteiger partial charge is 0.452 e. The van der Waals surface area contributed by atoms with Crippen LogP contribution >= 0.6 is 0 Å². The van der Waals surface area contributed by atoms with E-state index in [9.17, 15) is 14.4 Å². The lowest BCUT2D eigenvalue weighted by Gasteiger charge is -2.26. The number of esters is 1. The van der Waals surface area contributed by atoms with Gasteiger partial charge in [-0.1, -0.05) is 60.7 Å². The van der Waals surface area contributed by atoms with Gasteiger partial charge in [0.2, 0.25) is 5.43 Å². The summed E-state index contributed by atoms with van der Waals surface area (Å²) in [5.74, 6) is -1.24. The first-order chi connectivity index (χ1) is 20.4. The Labute approximate surface area is 243 Å². The van der Waals surface area contributed by atoms with Crippen LogP contribution in [-0.2, 0) is 16.1 Å². The van der Waals surface area contributed by atoms with E-state index >= 15 is 0 Å². The molecule has 6 rings (SSSR count). The van der Waals surface area contributed by atoms with Crippen molar-refractivity contribution in [2.75, 3.05) is 6.61 Å². The van der Waals surface area contributed by atoms with Gasteiger partial charge in [-0.15, -0.1) is 0 Å². The van der Waals surface area contributed by atoms with E-state index in [1.807, 2.05) is 62.4 Å². The average Bonchev–Trinajstić information content (AvgIpc) is 3.42. The van der Waals surface area contributed by atoms with Gasteiger partial charge in [0.1, 0.15) is 17.3 Å². The molecule has 2 aliphatic rings. The lowest BCUT2D eigenvalue weighted by molar-refractivity contribution is -0.138. The molecule has 0 saturated carbocycles. The van der Waals surface area contributed by atoms with E-state index in [0.717, 1.165) is 52.9 Å². The highest BCUT2D eigenvalue weighted by molar-refractivity contribution is 5.94. The summed E-state index contributed by atoms with van der Waals surface area (Å²) in [5.41, 5.74) is 9.34. The summed E-state index contributed by atoms with van der Waals surface area (Å²) < 4.78 is 7.22. The van der Waals surface area contributed by atoms with E-state index in [0.29, 0.717) is 17.6 Å². The zero-order valence-electron chi connectivity index (χ0n) is 23.7. The molecule has 0 radical (unpaired) electrons. The molecule has 42 heavy (non-hydrogen) atoms. The van der Waals surface area contributed by atoms with E-state index in [4.69, 9.17) is 4.74 Å². The minimum atomic E-state index is -0.837. The van der Waals surface area contributed by atoms with Gasteiger partial charge in [0.05, 0.1) is 11.1 Å². The maximum atomic E-state index is 13.7. The van der Waals surface area contributed by atoms with Crippen molar-refractivity contribution in [3.05, 3.63) is 128 Å². The number of amides is 1. The second kappa shape index (κ2) is 11.5. The average molecular weight is 561 g/mol. The van der Waals surface area contributed by atoms with Gasteiger partial charge in [-0.2, -0.15) is 0 Å². The quantitative estimate of drug-likeness (QED) is 0.314. The van der Waals surface area contributed by atoms with Crippen molar-refractivity contribution >= 4 is 29.0 Å². The number of carbonyl (C=O) groups excluding carboxylic acids is 2. The second-order valence-electron chi connectivity index (χ2n) is 10.6. The van der Waals surface area contributed by atoms with Gasteiger partial charge in [-0.25, -0.2) is 14.8 Å². The van der Waals surface area contributed by atoms with Crippen molar-refractivity contribution in [3.8, 4) is 0 Å². The number of pyridine rings is 2. The molecule has 0 fully saturated rings. The molecule has 1 aliphatic carbocycles. The van der Waals surface area contributed by atoms with Gasteiger partial charge in [0.15, 0.2) is 6.61 Å². The number of rotatable bonds is 6. The first-order valence-electron chi connectivity index (χ1n) is 14.2. The molecule has 0 bridgehead atoms. The molecule has 1 N–H and O–H groups in total. The summed E-state index contributed by atoms with van der Waals surface area (Å²) in [4.78, 5) is 44.5. The fraction of sp³-hybridized carbons (Fsp3) is 0.235. The molecule has 0 unspecified atom stereocenters. The van der Waals surface area contributed by atoms with Gasteiger partial charge in [0.25, 0.3) is 5.91 Å². The summed E-state index contributed by atoms with van der Waals surface area (Å²) in [6, 6.07) is 23.0. The van der Waals surface area contributed by atoms with Gasteiger partial charge in [0, 0.05) is 18.4 Å². The van der Waals surface area contributed by atoms with Crippen LogP contribution in [0.5, 0.6) is 0 Å². The fourth-order valence-corrected chi connectivity index (χ4v) is 5.79. The van der Waals surface area contributed by atoms with Gasteiger partial charge in [-0.3, -0.25) is 15.0 Å². The van der Waals surface area contributed by atoms with Crippen molar-refractivity contribution < 1.29 is 14.3 Å². The number of hydrogen-bond acceptors (Lipinski definition) is 6. The molecule has 1 amide bonds. The predicted octanol–water partition coefficient (Wildman–Crippen LogP) is 5.49. The molecule has 1 aliphatic heterocycles. The molecule has 212 valence electrons. The highest BCUT2D eigenvalue weighted by Gasteiger charge is 2.39. The van der Waals surface area contributed by atoms with Crippen molar-refractivity contribution in [1.29, 1.82) is 0 Å². The minimum absolute atomic E-state index is 0.123. The SMILES string of the molecule is CCn1cc(C(=O)OCC(=O)N2NC3=C(CCC/C3=C\c3ccccc3)[C@H]2c2ccccc2)c(=O)c2ccc(C)nc21. The molecule has 4 aromatic rings. The van der Waals surface area contributed by atoms with Crippen LogP contribution in [0, 0.1) is 6.92 Å². The Hall–Kier alpha value is -4.98. The number of ether oxygens (including phenoxy) is 1. The third kappa shape index (κ3) is 5.11. The minimum Gasteiger partial charge on any atom is -0.452 e. The summed E-state index contributed by atoms with van der Waals surface area (Å²) in [6.07, 6.45) is 6.33. The first-order valence-corrected chi connectivity index (χ1v) is 14.2. The highest BCUT2D eigenvalue weighted by Crippen LogP contribution is 2.43. The number of allylic oxidation sites excluding steroid dienone is 1. The molecule has 2 aromatic heterocycles. The number of hydrazine groups is 1. The number of fused-ring (bicyclic) bond motifs is 1. The Morgan fingerprint density at radius 1 is 1.02 bits per heavy atom. The Balaban J connectivity index is 1.27. The van der Waals surface area contributed by atoms with Crippen LogP contribution in [0.25, 0.3) is 17.1 Å². The van der Waals surface area contributed by atoms with Gasteiger partial charge >= 0.3 is 5.97 Å². The zero-order chi connectivity index (χ0) is 29.2. The topological polar surface area (TPSA) is 93.5 Å². The standard InChI is InChI=1S/C34H32N4O4/c1-3-37-20-28(32(40)27-18-17-22(2)35-33(27)37)34(41)42-21-29(39)38-31(24-13-8-5-9-14-24)26-16-10-15-25(30(26)36-38)19-23-11-6-4-7-12-23/h4-9,11-14,17-20,31,36H,3,10,15-16,21H2,1-2H3/b25-19+/t31-/m1/s1. The molecule has 2 aromatic carbocycles. The van der Waals surface area contributed by atoms with Crippen LogP contribution in [0.2, 0.25) is 0 Å². The monoisotopic (exact) mass is 560 g/mol. The molecule has 3 heterocycles. The second-order valence-corrected chi connectivity index (χ2v) is 10.6. The lowest BCUT2D eigenvalue weighted by Crippen LogP contribution is -2.42. The lowest BCUT2D eigenvalue weighted by atomic mass is 9.86. The molecular weight excluding hydrogens is 528 g/mol. The van der Waals surface area contributed by atoms with Crippen LogP contribution in [0.4, 0.5) is 0 Å². The van der Waals surface area contributed by atoms with E-state index in [-0.39, 0.29) is 11.6 Å². The maximum Gasteiger partial charge on any atom is 0.344 e. The molecule has 8 heteroatoms. The van der Waals surface area contributed by atoms with Crippen molar-refractivity contribution in [2.45, 2.75) is 45.7 Å². The summed E-state index contributed by atoms with van der Waals surface area (Å²) in [6.45, 7) is 3.76. The van der Waals surface area contributed by atoms with Gasteiger partial charge in [-0.05, 0) is 73.6 Å². The third-order valence-electron chi connectivity index (χ3n) is 7.83. The Bertz CT molecular complexity index is 1790. The Morgan fingerprint density at radius 2 is 1.76 bits per heavy atom. The van der Waals surface area contributed by atoms with Crippen LogP contribution in [0.3, 0.4) is 0 Å². The van der Waals surface area contributed by atoms with Crippen LogP contribution < -0.4 is 10.9 Å². The van der Waals surface area contributed by atoms with Crippen LogP contribution in [0.15, 0.2) is 101 Å². The molecular formula is C34H32N4O4. The molecule has 1 atom stereocenters. The van der Waals surface area contributed by atoms with E-state index in [1.165, 1.54) is 6.20 Å². The smallest absolute Gasteiger partial charge is 0.344 e.